The second-order valence-corrected chi connectivity index (χ2v) is 8.42. The maximum absolute atomic E-state index is 14.2. The van der Waals surface area contributed by atoms with Crippen LogP contribution in [0.3, 0.4) is 0 Å². The number of halogens is 1. The van der Waals surface area contributed by atoms with Gasteiger partial charge in [0.2, 0.25) is 0 Å². The molecule has 32 heavy (non-hydrogen) atoms. The third-order valence-electron chi connectivity index (χ3n) is 5.29. The Morgan fingerprint density at radius 2 is 1.91 bits per heavy atom. The fourth-order valence-corrected chi connectivity index (χ4v) is 4.63. The molecule has 0 amide bonds. The maximum Gasteiger partial charge on any atom is 0.155 e. The molecule has 5 heterocycles. The molecule has 8 nitrogen and oxygen atoms in total. The molecule has 0 unspecified atom stereocenters. The maximum atomic E-state index is 14.2. The molecule has 1 fully saturated rings. The van der Waals surface area contributed by atoms with Crippen molar-refractivity contribution >= 4 is 23.1 Å². The Balaban J connectivity index is 1.53. The van der Waals surface area contributed by atoms with Crippen molar-refractivity contribution in [1.29, 1.82) is 5.26 Å². The molecule has 0 aliphatic carbocycles. The average Bonchev–Trinajstić information content (AvgIpc) is 3.38. The molecule has 0 spiro atoms. The Morgan fingerprint density at radius 1 is 1.09 bits per heavy atom. The lowest BCUT2D eigenvalue weighted by Crippen LogP contribution is -2.22. The van der Waals surface area contributed by atoms with Crippen LogP contribution in [0.4, 0.5) is 10.2 Å². The number of nitrogens with zero attached hydrogens (tertiary/aromatic N) is 6. The molecular formula is C22H17FN6O2S. The molecule has 2 N–H and O–H groups in total. The summed E-state index contributed by atoms with van der Waals surface area (Å²) in [5.74, 6) is 0.210. The van der Waals surface area contributed by atoms with Crippen molar-refractivity contribution in [2.24, 2.45) is 0 Å². The molecular weight excluding hydrogens is 431 g/mol. The first-order valence-electron chi connectivity index (χ1n) is 9.81. The summed E-state index contributed by atoms with van der Waals surface area (Å²) in [4.78, 5) is 11.0. The predicted octanol–water partition coefficient (Wildman–Crippen LogP) is 2.50. The quantitative estimate of drug-likeness (QED) is 0.490. The van der Waals surface area contributed by atoms with Gasteiger partial charge in [0.25, 0.3) is 0 Å². The topological polar surface area (TPSA) is 111 Å². The van der Waals surface area contributed by atoms with Crippen LogP contribution < -0.4 is 4.90 Å². The van der Waals surface area contributed by atoms with E-state index in [2.05, 4.69) is 21.1 Å². The van der Waals surface area contributed by atoms with Crippen molar-refractivity contribution in [3.05, 3.63) is 66.5 Å². The van der Waals surface area contributed by atoms with Crippen LogP contribution in [0, 0.1) is 17.1 Å². The summed E-state index contributed by atoms with van der Waals surface area (Å²) in [7, 11) is 0. The number of aliphatic hydroxyl groups is 2. The fourth-order valence-electron chi connectivity index (χ4n) is 3.65. The summed E-state index contributed by atoms with van der Waals surface area (Å²) >= 11 is 1.13. The van der Waals surface area contributed by atoms with Gasteiger partial charge in [0.05, 0.1) is 29.5 Å². The molecule has 0 bridgehead atoms. The lowest BCUT2D eigenvalue weighted by Gasteiger charge is -2.16. The average molecular weight is 448 g/mol. The highest BCUT2D eigenvalue weighted by Crippen LogP contribution is 2.36. The number of hydrogen-bond donors (Lipinski definition) is 2. The minimum absolute atomic E-state index is 0.205. The molecule has 0 radical (unpaired) electrons. The van der Waals surface area contributed by atoms with Crippen LogP contribution in [-0.4, -0.2) is 55.1 Å². The first-order valence-corrected chi connectivity index (χ1v) is 10.6. The van der Waals surface area contributed by atoms with Gasteiger partial charge in [-0.3, -0.25) is 0 Å². The smallest absolute Gasteiger partial charge is 0.155 e. The van der Waals surface area contributed by atoms with Crippen LogP contribution in [0.15, 0.2) is 65.0 Å². The first kappa shape index (κ1) is 20.4. The highest BCUT2D eigenvalue weighted by Gasteiger charge is 2.30. The normalized spacial score (nSPS) is 18.2. The number of pyridine rings is 3. The van der Waals surface area contributed by atoms with Crippen molar-refractivity contribution in [3.63, 3.8) is 0 Å². The Kier molecular flexibility index (Phi) is 5.22. The molecule has 1 saturated heterocycles. The number of nitriles is 1. The lowest BCUT2D eigenvalue weighted by atomic mass is 10.1. The molecule has 2 atom stereocenters. The van der Waals surface area contributed by atoms with Crippen molar-refractivity contribution in [2.45, 2.75) is 22.1 Å². The van der Waals surface area contributed by atoms with Crippen LogP contribution in [0.2, 0.25) is 0 Å². The zero-order valence-corrected chi connectivity index (χ0v) is 17.4. The number of rotatable bonds is 4. The Morgan fingerprint density at radius 3 is 2.59 bits per heavy atom. The largest absolute Gasteiger partial charge is 0.389 e. The van der Waals surface area contributed by atoms with Gasteiger partial charge < -0.3 is 15.1 Å². The summed E-state index contributed by atoms with van der Waals surface area (Å²) in [6.07, 6.45) is 4.89. The Bertz CT molecular complexity index is 1330. The number of anilines is 1. The highest BCUT2D eigenvalue weighted by atomic mass is 32.2. The molecule has 0 saturated carbocycles. The Hall–Kier alpha value is -3.52. The van der Waals surface area contributed by atoms with Gasteiger partial charge in [-0.1, -0.05) is 11.8 Å². The SMILES string of the molecule is N#Cc1cnn2cc(-c3ccc(N4C[C@@H](O)[C@H](O)C4)nc3)cc(Sc3ncccc3F)c12. The summed E-state index contributed by atoms with van der Waals surface area (Å²) in [5, 5.41) is 33.5. The molecule has 4 aromatic rings. The van der Waals surface area contributed by atoms with Gasteiger partial charge in [-0.25, -0.2) is 18.9 Å². The van der Waals surface area contributed by atoms with Gasteiger partial charge >= 0.3 is 0 Å². The molecule has 1 aliphatic heterocycles. The molecule has 10 heteroatoms. The van der Waals surface area contributed by atoms with E-state index in [9.17, 15) is 19.9 Å². The zero-order chi connectivity index (χ0) is 22.2. The van der Waals surface area contributed by atoms with Crippen LogP contribution in [0.5, 0.6) is 0 Å². The van der Waals surface area contributed by atoms with E-state index in [1.54, 1.807) is 16.9 Å². The van der Waals surface area contributed by atoms with Gasteiger partial charge in [0.1, 0.15) is 16.9 Å². The number of aliphatic hydroxyl groups excluding tert-OH is 2. The molecule has 1 aliphatic rings. The van der Waals surface area contributed by atoms with E-state index >= 15 is 0 Å². The van der Waals surface area contributed by atoms with E-state index in [0.717, 1.165) is 22.9 Å². The van der Waals surface area contributed by atoms with Gasteiger partial charge in [0.15, 0.2) is 5.82 Å². The van der Waals surface area contributed by atoms with Gasteiger partial charge in [-0.05, 0) is 30.3 Å². The van der Waals surface area contributed by atoms with E-state index in [-0.39, 0.29) is 5.03 Å². The number of aromatic nitrogens is 4. The summed E-state index contributed by atoms with van der Waals surface area (Å²) in [6, 6.07) is 10.5. The predicted molar refractivity (Wildman–Crippen MR) is 116 cm³/mol. The standard InChI is InChI=1S/C22H17FN6O2S/c23-16-2-1-5-25-22(16)32-19-6-14(10-29-21(19)15(7-24)9-27-29)13-3-4-20(26-8-13)28-11-17(30)18(31)12-28/h1-6,8-10,17-18,30-31H,11-12H2/t17-,18-/m1/s1. The Labute approximate surface area is 186 Å². The van der Waals surface area contributed by atoms with Crippen molar-refractivity contribution < 1.29 is 14.6 Å². The van der Waals surface area contributed by atoms with Crippen LogP contribution >= 0.6 is 11.8 Å². The molecule has 4 aromatic heterocycles. The third-order valence-corrected chi connectivity index (χ3v) is 6.32. The minimum atomic E-state index is -0.792. The first-order chi connectivity index (χ1) is 15.5. The highest BCUT2D eigenvalue weighted by molar-refractivity contribution is 7.99. The number of hydrogen-bond acceptors (Lipinski definition) is 8. The van der Waals surface area contributed by atoms with Gasteiger partial charge in [-0.15, -0.1) is 0 Å². The van der Waals surface area contributed by atoms with Gasteiger partial charge in [-0.2, -0.15) is 10.4 Å². The fraction of sp³-hybridized carbons (Fsp3) is 0.182. The molecule has 160 valence electrons. The van der Waals surface area contributed by atoms with E-state index in [1.807, 2.05) is 23.1 Å². The minimum Gasteiger partial charge on any atom is -0.389 e. The second kappa shape index (κ2) is 8.20. The molecule has 5 rings (SSSR count). The summed E-state index contributed by atoms with van der Waals surface area (Å²) in [6.45, 7) is 0.639. The number of fused-ring (bicyclic) bond motifs is 1. The van der Waals surface area contributed by atoms with Gasteiger partial charge in [0, 0.05) is 47.7 Å². The monoisotopic (exact) mass is 448 g/mol. The van der Waals surface area contributed by atoms with Crippen molar-refractivity contribution in [2.75, 3.05) is 18.0 Å². The van der Waals surface area contributed by atoms with E-state index in [1.165, 1.54) is 24.5 Å². The van der Waals surface area contributed by atoms with Crippen LogP contribution in [-0.2, 0) is 0 Å². The van der Waals surface area contributed by atoms with Crippen LogP contribution in [0.25, 0.3) is 16.6 Å². The number of β-amino-alcohol motifs (C(OH)–C–C–N with tert-alkyl or cyclic N) is 2. The van der Waals surface area contributed by atoms with E-state index in [4.69, 9.17) is 0 Å². The van der Waals surface area contributed by atoms with E-state index < -0.39 is 18.0 Å². The zero-order valence-electron chi connectivity index (χ0n) is 16.6. The van der Waals surface area contributed by atoms with Crippen molar-refractivity contribution in [3.8, 4) is 17.2 Å². The lowest BCUT2D eigenvalue weighted by molar-refractivity contribution is 0.0572. The van der Waals surface area contributed by atoms with E-state index in [0.29, 0.717) is 34.9 Å². The van der Waals surface area contributed by atoms with Crippen molar-refractivity contribution in [1.82, 2.24) is 19.6 Å². The third kappa shape index (κ3) is 3.67. The summed E-state index contributed by atoms with van der Waals surface area (Å²) in [5.41, 5.74) is 2.55. The summed E-state index contributed by atoms with van der Waals surface area (Å²) < 4.78 is 15.8. The van der Waals surface area contributed by atoms with Crippen LogP contribution in [0.1, 0.15) is 5.56 Å². The molecule has 0 aromatic carbocycles. The second-order valence-electron chi connectivity index (χ2n) is 7.39.